The van der Waals surface area contributed by atoms with Crippen LogP contribution in [0.4, 0.5) is 0 Å². The smallest absolute Gasteiger partial charge is 0.246 e. The van der Waals surface area contributed by atoms with Gasteiger partial charge in [-0.1, -0.05) is 19.9 Å². The Morgan fingerprint density at radius 3 is 2.45 bits per heavy atom. The third-order valence-electron chi connectivity index (χ3n) is 1.46. The van der Waals surface area contributed by atoms with E-state index >= 15 is 0 Å². The lowest BCUT2D eigenvalue weighted by molar-refractivity contribution is -0.117. The average molecular weight is 155 g/mol. The standard InChI is InChI=1S/C9H17NO/c1-5-8(4)9(11)10-6-7(2)3/h5,7H,6H2,1-4H3,(H,10,11). The monoisotopic (exact) mass is 155 g/mol. The van der Waals surface area contributed by atoms with Gasteiger partial charge in [0.2, 0.25) is 5.91 Å². The van der Waals surface area contributed by atoms with Crippen molar-refractivity contribution in [1.82, 2.24) is 5.32 Å². The van der Waals surface area contributed by atoms with E-state index in [1.165, 1.54) is 0 Å². The summed E-state index contributed by atoms with van der Waals surface area (Å²) in [6.45, 7) is 8.58. The van der Waals surface area contributed by atoms with Crippen molar-refractivity contribution in [3.63, 3.8) is 0 Å². The zero-order chi connectivity index (χ0) is 8.85. The number of nitrogens with one attached hydrogen (secondary N) is 1. The fraction of sp³-hybridized carbons (Fsp3) is 0.667. The maximum absolute atomic E-state index is 11.1. The lowest BCUT2D eigenvalue weighted by atomic mass is 10.2. The van der Waals surface area contributed by atoms with Crippen LogP contribution in [0.3, 0.4) is 0 Å². The van der Waals surface area contributed by atoms with Gasteiger partial charge >= 0.3 is 0 Å². The highest BCUT2D eigenvalue weighted by Crippen LogP contribution is 1.93. The molecule has 0 aromatic carbocycles. The normalized spacial score (nSPS) is 11.9. The van der Waals surface area contributed by atoms with E-state index in [4.69, 9.17) is 0 Å². The average Bonchev–Trinajstić information content (AvgIpc) is 1.98. The summed E-state index contributed by atoms with van der Waals surface area (Å²) in [7, 11) is 0. The summed E-state index contributed by atoms with van der Waals surface area (Å²) in [5.41, 5.74) is 0.783. The molecule has 0 aliphatic heterocycles. The SMILES string of the molecule is CC=C(C)C(=O)NCC(C)C. The Kier molecular flexibility index (Phi) is 4.59. The highest BCUT2D eigenvalue weighted by atomic mass is 16.1. The molecule has 2 nitrogen and oxygen atoms in total. The van der Waals surface area contributed by atoms with E-state index in [1.807, 2.05) is 19.9 Å². The van der Waals surface area contributed by atoms with Crippen LogP contribution in [0.5, 0.6) is 0 Å². The molecule has 0 bridgehead atoms. The molecule has 0 radical (unpaired) electrons. The number of amides is 1. The minimum Gasteiger partial charge on any atom is -0.352 e. The van der Waals surface area contributed by atoms with Crippen LogP contribution in [0.15, 0.2) is 11.6 Å². The van der Waals surface area contributed by atoms with Crippen molar-refractivity contribution in [2.75, 3.05) is 6.54 Å². The summed E-state index contributed by atoms with van der Waals surface area (Å²) in [4.78, 5) is 11.1. The van der Waals surface area contributed by atoms with Crippen LogP contribution in [-0.2, 0) is 4.79 Å². The zero-order valence-corrected chi connectivity index (χ0v) is 7.77. The predicted molar refractivity (Wildman–Crippen MR) is 47.3 cm³/mol. The van der Waals surface area contributed by atoms with E-state index in [0.29, 0.717) is 5.92 Å². The second-order valence-electron chi connectivity index (χ2n) is 3.08. The zero-order valence-electron chi connectivity index (χ0n) is 7.77. The highest BCUT2D eigenvalue weighted by molar-refractivity contribution is 5.92. The van der Waals surface area contributed by atoms with E-state index in [1.54, 1.807) is 0 Å². The molecule has 2 heteroatoms. The Morgan fingerprint density at radius 1 is 1.55 bits per heavy atom. The molecule has 1 amide bonds. The Hall–Kier alpha value is -0.790. The van der Waals surface area contributed by atoms with Gasteiger partial charge in [-0.3, -0.25) is 4.79 Å². The minimum atomic E-state index is 0.0428. The van der Waals surface area contributed by atoms with Crippen molar-refractivity contribution in [2.45, 2.75) is 27.7 Å². The molecule has 0 heterocycles. The van der Waals surface area contributed by atoms with Crippen molar-refractivity contribution >= 4 is 5.91 Å². The molecule has 0 spiro atoms. The van der Waals surface area contributed by atoms with Crippen molar-refractivity contribution in [3.8, 4) is 0 Å². The van der Waals surface area contributed by atoms with E-state index < -0.39 is 0 Å². The van der Waals surface area contributed by atoms with E-state index in [0.717, 1.165) is 12.1 Å². The van der Waals surface area contributed by atoms with Gasteiger partial charge in [0.05, 0.1) is 0 Å². The Balaban J connectivity index is 3.71. The second kappa shape index (κ2) is 4.94. The first-order valence-corrected chi connectivity index (χ1v) is 3.99. The van der Waals surface area contributed by atoms with Gasteiger partial charge in [-0.2, -0.15) is 0 Å². The third-order valence-corrected chi connectivity index (χ3v) is 1.46. The van der Waals surface area contributed by atoms with Gasteiger partial charge in [-0.05, 0) is 19.8 Å². The van der Waals surface area contributed by atoms with Crippen LogP contribution >= 0.6 is 0 Å². The number of allylic oxidation sites excluding steroid dienone is 1. The van der Waals surface area contributed by atoms with Gasteiger partial charge in [0, 0.05) is 12.1 Å². The molecule has 0 saturated heterocycles. The molecular weight excluding hydrogens is 138 g/mol. The van der Waals surface area contributed by atoms with Crippen LogP contribution < -0.4 is 5.32 Å². The van der Waals surface area contributed by atoms with Crippen molar-refractivity contribution in [2.24, 2.45) is 5.92 Å². The molecule has 0 aliphatic carbocycles. The molecular formula is C9H17NO. The van der Waals surface area contributed by atoms with Crippen LogP contribution in [0.25, 0.3) is 0 Å². The van der Waals surface area contributed by atoms with E-state index in [2.05, 4.69) is 19.2 Å². The van der Waals surface area contributed by atoms with Crippen LogP contribution in [-0.4, -0.2) is 12.5 Å². The van der Waals surface area contributed by atoms with Crippen molar-refractivity contribution in [3.05, 3.63) is 11.6 Å². The number of rotatable bonds is 3. The Morgan fingerprint density at radius 2 is 2.09 bits per heavy atom. The molecule has 0 aromatic heterocycles. The highest BCUT2D eigenvalue weighted by Gasteiger charge is 2.01. The molecule has 0 unspecified atom stereocenters. The molecule has 0 fully saturated rings. The molecule has 0 atom stereocenters. The molecule has 0 rings (SSSR count). The Bertz CT molecular complexity index is 159. The summed E-state index contributed by atoms with van der Waals surface area (Å²) in [6.07, 6.45) is 1.82. The number of carbonyl (C=O) groups excluding carboxylic acids is 1. The maximum Gasteiger partial charge on any atom is 0.246 e. The molecule has 0 aromatic rings. The minimum absolute atomic E-state index is 0.0428. The molecule has 0 aliphatic rings. The second-order valence-corrected chi connectivity index (χ2v) is 3.08. The van der Waals surface area contributed by atoms with Gasteiger partial charge in [0.1, 0.15) is 0 Å². The first-order chi connectivity index (χ1) is 5.07. The maximum atomic E-state index is 11.1. The molecule has 64 valence electrons. The number of hydrogen-bond donors (Lipinski definition) is 1. The van der Waals surface area contributed by atoms with Gasteiger partial charge in [0.15, 0.2) is 0 Å². The largest absolute Gasteiger partial charge is 0.352 e. The van der Waals surface area contributed by atoms with Crippen LogP contribution in [0.2, 0.25) is 0 Å². The lowest BCUT2D eigenvalue weighted by Gasteiger charge is -2.06. The fourth-order valence-corrected chi connectivity index (χ4v) is 0.567. The van der Waals surface area contributed by atoms with Gasteiger partial charge in [0.25, 0.3) is 0 Å². The summed E-state index contributed by atoms with van der Waals surface area (Å²) in [5.74, 6) is 0.560. The van der Waals surface area contributed by atoms with Crippen molar-refractivity contribution < 1.29 is 4.79 Å². The number of hydrogen-bond acceptors (Lipinski definition) is 1. The summed E-state index contributed by atoms with van der Waals surface area (Å²) < 4.78 is 0. The summed E-state index contributed by atoms with van der Waals surface area (Å²) in [5, 5.41) is 2.83. The first kappa shape index (κ1) is 10.2. The summed E-state index contributed by atoms with van der Waals surface area (Å²) >= 11 is 0. The van der Waals surface area contributed by atoms with Gasteiger partial charge < -0.3 is 5.32 Å². The molecule has 0 saturated carbocycles. The quantitative estimate of drug-likeness (QED) is 0.618. The van der Waals surface area contributed by atoms with E-state index in [9.17, 15) is 4.79 Å². The summed E-state index contributed by atoms with van der Waals surface area (Å²) in [6, 6.07) is 0. The molecule has 1 N–H and O–H groups in total. The van der Waals surface area contributed by atoms with Gasteiger partial charge in [-0.15, -0.1) is 0 Å². The molecule has 11 heavy (non-hydrogen) atoms. The lowest BCUT2D eigenvalue weighted by Crippen LogP contribution is -2.27. The topological polar surface area (TPSA) is 29.1 Å². The van der Waals surface area contributed by atoms with E-state index in [-0.39, 0.29) is 5.91 Å². The first-order valence-electron chi connectivity index (χ1n) is 3.99. The third kappa shape index (κ3) is 4.59. The van der Waals surface area contributed by atoms with Crippen molar-refractivity contribution in [1.29, 1.82) is 0 Å². The predicted octanol–water partition coefficient (Wildman–Crippen LogP) is 1.72. The number of carbonyl (C=O) groups is 1. The van der Waals surface area contributed by atoms with Gasteiger partial charge in [-0.25, -0.2) is 0 Å². The fourth-order valence-electron chi connectivity index (χ4n) is 0.567. The Labute approximate surface area is 68.7 Å². The van der Waals surface area contributed by atoms with Crippen LogP contribution in [0.1, 0.15) is 27.7 Å². The van der Waals surface area contributed by atoms with Crippen LogP contribution in [0, 0.1) is 5.92 Å².